The Kier molecular flexibility index (Phi) is 2.55. The standard InChI is InChI=1S/C9H20N2/c1-9(2,3)11-8-5-4-7(10)6-8/h7-8,11H,4-6,10H2,1-3H3. The van der Waals surface area contributed by atoms with Crippen LogP contribution in [0.4, 0.5) is 0 Å². The molecule has 1 rings (SSSR count). The van der Waals surface area contributed by atoms with Crippen molar-refractivity contribution in [3.05, 3.63) is 0 Å². The van der Waals surface area contributed by atoms with Crippen LogP contribution < -0.4 is 11.1 Å². The molecule has 0 spiro atoms. The Balaban J connectivity index is 2.29. The van der Waals surface area contributed by atoms with Gasteiger partial charge in [-0.2, -0.15) is 0 Å². The van der Waals surface area contributed by atoms with Crippen molar-refractivity contribution in [3.63, 3.8) is 0 Å². The summed E-state index contributed by atoms with van der Waals surface area (Å²) in [7, 11) is 0. The van der Waals surface area contributed by atoms with Crippen LogP contribution in [0.5, 0.6) is 0 Å². The van der Waals surface area contributed by atoms with Crippen LogP contribution in [0, 0.1) is 0 Å². The molecule has 1 fully saturated rings. The molecular weight excluding hydrogens is 136 g/mol. The van der Waals surface area contributed by atoms with Gasteiger partial charge in [-0.25, -0.2) is 0 Å². The highest BCUT2D eigenvalue weighted by atomic mass is 15.0. The highest BCUT2D eigenvalue weighted by molar-refractivity contribution is 4.86. The van der Waals surface area contributed by atoms with E-state index in [-0.39, 0.29) is 5.54 Å². The molecule has 2 atom stereocenters. The van der Waals surface area contributed by atoms with Gasteiger partial charge in [0.15, 0.2) is 0 Å². The summed E-state index contributed by atoms with van der Waals surface area (Å²) in [6, 6.07) is 1.10. The topological polar surface area (TPSA) is 38.0 Å². The van der Waals surface area contributed by atoms with Crippen LogP contribution in [0.3, 0.4) is 0 Å². The third-order valence-electron chi connectivity index (χ3n) is 2.11. The van der Waals surface area contributed by atoms with E-state index in [1.54, 1.807) is 0 Å². The monoisotopic (exact) mass is 156 g/mol. The van der Waals surface area contributed by atoms with Gasteiger partial charge < -0.3 is 11.1 Å². The summed E-state index contributed by atoms with van der Waals surface area (Å²) in [5.41, 5.74) is 6.05. The van der Waals surface area contributed by atoms with E-state index < -0.39 is 0 Å². The van der Waals surface area contributed by atoms with Crippen LogP contribution >= 0.6 is 0 Å². The number of hydrogen-bond acceptors (Lipinski definition) is 2. The van der Waals surface area contributed by atoms with E-state index >= 15 is 0 Å². The average Bonchev–Trinajstić information content (AvgIpc) is 2.10. The van der Waals surface area contributed by atoms with Crippen LogP contribution in [-0.2, 0) is 0 Å². The zero-order chi connectivity index (χ0) is 8.48. The lowest BCUT2D eigenvalue weighted by atomic mass is 10.1. The maximum absolute atomic E-state index is 5.80. The van der Waals surface area contributed by atoms with Gasteiger partial charge in [-0.15, -0.1) is 0 Å². The third kappa shape index (κ3) is 3.21. The Labute approximate surface area is 69.5 Å². The maximum Gasteiger partial charge on any atom is 0.00991 e. The van der Waals surface area contributed by atoms with Gasteiger partial charge >= 0.3 is 0 Å². The smallest absolute Gasteiger partial charge is 0.00991 e. The predicted octanol–water partition coefficient (Wildman–Crippen LogP) is 1.25. The minimum absolute atomic E-state index is 0.245. The first-order valence-corrected chi connectivity index (χ1v) is 4.51. The molecule has 2 heteroatoms. The van der Waals surface area contributed by atoms with E-state index in [0.29, 0.717) is 12.1 Å². The van der Waals surface area contributed by atoms with E-state index in [0.717, 1.165) is 6.42 Å². The van der Waals surface area contributed by atoms with E-state index in [1.807, 2.05) is 0 Å². The van der Waals surface area contributed by atoms with Gasteiger partial charge in [0.2, 0.25) is 0 Å². The van der Waals surface area contributed by atoms with Crippen LogP contribution in [0.1, 0.15) is 40.0 Å². The van der Waals surface area contributed by atoms with Gasteiger partial charge in [-0.05, 0) is 40.0 Å². The summed E-state index contributed by atoms with van der Waals surface area (Å²) >= 11 is 0. The predicted molar refractivity (Wildman–Crippen MR) is 48.5 cm³/mol. The third-order valence-corrected chi connectivity index (χ3v) is 2.11. The second-order valence-electron chi connectivity index (χ2n) is 4.66. The average molecular weight is 156 g/mol. The van der Waals surface area contributed by atoms with Crippen molar-refractivity contribution in [2.75, 3.05) is 0 Å². The Bertz CT molecular complexity index is 126. The summed E-state index contributed by atoms with van der Waals surface area (Å²) < 4.78 is 0. The Morgan fingerprint density at radius 1 is 1.27 bits per heavy atom. The van der Waals surface area contributed by atoms with Crippen molar-refractivity contribution in [3.8, 4) is 0 Å². The lowest BCUT2D eigenvalue weighted by molar-refractivity contribution is 0.359. The Morgan fingerprint density at radius 3 is 2.27 bits per heavy atom. The largest absolute Gasteiger partial charge is 0.328 e. The quantitative estimate of drug-likeness (QED) is 0.599. The van der Waals surface area contributed by atoms with Gasteiger partial charge in [0.1, 0.15) is 0 Å². The zero-order valence-corrected chi connectivity index (χ0v) is 7.85. The van der Waals surface area contributed by atoms with Crippen molar-refractivity contribution < 1.29 is 0 Å². The molecule has 1 aliphatic rings. The lowest BCUT2D eigenvalue weighted by Gasteiger charge is -2.25. The van der Waals surface area contributed by atoms with Crippen molar-refractivity contribution in [2.24, 2.45) is 5.73 Å². The van der Waals surface area contributed by atoms with Gasteiger partial charge in [0.25, 0.3) is 0 Å². The fourth-order valence-electron chi connectivity index (χ4n) is 1.76. The molecule has 0 saturated heterocycles. The minimum Gasteiger partial charge on any atom is -0.328 e. The molecule has 2 nitrogen and oxygen atoms in total. The van der Waals surface area contributed by atoms with Crippen LogP contribution in [-0.4, -0.2) is 17.6 Å². The highest BCUT2D eigenvalue weighted by Gasteiger charge is 2.24. The molecule has 0 aromatic heterocycles. The van der Waals surface area contributed by atoms with Gasteiger partial charge in [0, 0.05) is 17.6 Å². The fraction of sp³-hybridized carbons (Fsp3) is 1.00. The summed E-state index contributed by atoms with van der Waals surface area (Å²) in [5.74, 6) is 0. The Hall–Kier alpha value is -0.0800. The van der Waals surface area contributed by atoms with E-state index in [9.17, 15) is 0 Å². The van der Waals surface area contributed by atoms with E-state index in [4.69, 9.17) is 5.73 Å². The summed E-state index contributed by atoms with van der Waals surface area (Å²) in [5, 5.41) is 3.57. The van der Waals surface area contributed by atoms with Crippen LogP contribution in [0.2, 0.25) is 0 Å². The summed E-state index contributed by atoms with van der Waals surface area (Å²) in [6.45, 7) is 6.62. The molecule has 0 heterocycles. The van der Waals surface area contributed by atoms with Gasteiger partial charge in [-0.1, -0.05) is 0 Å². The van der Waals surface area contributed by atoms with Gasteiger partial charge in [0.05, 0.1) is 0 Å². The van der Waals surface area contributed by atoms with Crippen molar-refractivity contribution in [1.82, 2.24) is 5.32 Å². The molecule has 11 heavy (non-hydrogen) atoms. The second-order valence-corrected chi connectivity index (χ2v) is 4.66. The second kappa shape index (κ2) is 3.11. The van der Waals surface area contributed by atoms with Crippen molar-refractivity contribution >= 4 is 0 Å². The molecule has 0 radical (unpaired) electrons. The Morgan fingerprint density at radius 2 is 1.91 bits per heavy atom. The van der Waals surface area contributed by atoms with Crippen molar-refractivity contribution in [2.45, 2.75) is 57.7 Å². The van der Waals surface area contributed by atoms with Crippen LogP contribution in [0.25, 0.3) is 0 Å². The molecule has 1 saturated carbocycles. The summed E-state index contributed by atoms with van der Waals surface area (Å²) in [6.07, 6.45) is 3.59. The molecule has 0 amide bonds. The molecule has 0 aromatic rings. The van der Waals surface area contributed by atoms with Crippen molar-refractivity contribution in [1.29, 1.82) is 0 Å². The number of nitrogens with two attached hydrogens (primary N) is 1. The fourth-order valence-corrected chi connectivity index (χ4v) is 1.76. The zero-order valence-electron chi connectivity index (χ0n) is 7.85. The van der Waals surface area contributed by atoms with Crippen LogP contribution in [0.15, 0.2) is 0 Å². The van der Waals surface area contributed by atoms with E-state index in [1.165, 1.54) is 12.8 Å². The first-order valence-electron chi connectivity index (χ1n) is 4.51. The highest BCUT2D eigenvalue weighted by Crippen LogP contribution is 2.19. The van der Waals surface area contributed by atoms with Gasteiger partial charge in [-0.3, -0.25) is 0 Å². The molecule has 1 aliphatic carbocycles. The first-order chi connectivity index (χ1) is 4.97. The number of rotatable bonds is 1. The molecule has 66 valence electrons. The minimum atomic E-state index is 0.245. The number of hydrogen-bond donors (Lipinski definition) is 2. The van der Waals surface area contributed by atoms with E-state index in [2.05, 4.69) is 26.1 Å². The first kappa shape index (κ1) is 9.01. The SMILES string of the molecule is CC(C)(C)NC1CCC(N)C1. The lowest BCUT2D eigenvalue weighted by Crippen LogP contribution is -2.42. The molecule has 0 aromatic carbocycles. The molecule has 0 bridgehead atoms. The molecule has 3 N–H and O–H groups in total. The number of nitrogens with one attached hydrogen (secondary N) is 1. The maximum atomic E-state index is 5.80. The summed E-state index contributed by atoms with van der Waals surface area (Å²) in [4.78, 5) is 0. The molecule has 2 unspecified atom stereocenters. The molecular formula is C9H20N2. The normalized spacial score (nSPS) is 32.7. The molecule has 0 aliphatic heterocycles.